The van der Waals surface area contributed by atoms with Crippen LogP contribution in [0.2, 0.25) is 0 Å². The number of piperidine rings is 1. The summed E-state index contributed by atoms with van der Waals surface area (Å²) in [5, 5.41) is 3.20. The lowest BCUT2D eigenvalue weighted by atomic mass is 10.0. The van der Waals surface area contributed by atoms with Gasteiger partial charge in [0.15, 0.2) is 6.61 Å². The monoisotopic (exact) mass is 469 g/mol. The number of anilines is 1. The van der Waals surface area contributed by atoms with E-state index in [1.165, 1.54) is 5.56 Å². The van der Waals surface area contributed by atoms with Gasteiger partial charge in [-0.2, -0.15) is 0 Å². The van der Waals surface area contributed by atoms with Gasteiger partial charge in [0.1, 0.15) is 5.75 Å². The summed E-state index contributed by atoms with van der Waals surface area (Å²) in [6, 6.07) is 24.1. The topological polar surface area (TPSA) is 61.9 Å². The van der Waals surface area contributed by atoms with Crippen molar-refractivity contribution in [2.75, 3.05) is 24.6 Å². The van der Waals surface area contributed by atoms with E-state index in [9.17, 15) is 9.59 Å². The van der Waals surface area contributed by atoms with Crippen molar-refractivity contribution in [3.63, 3.8) is 0 Å². The van der Waals surface area contributed by atoms with Crippen molar-refractivity contribution in [1.82, 2.24) is 10.2 Å². The summed E-state index contributed by atoms with van der Waals surface area (Å²) in [5.41, 5.74) is 4.81. The lowest BCUT2D eigenvalue weighted by molar-refractivity contribution is -0.121. The molecule has 1 fully saturated rings. The number of nitrogens with one attached hydrogen (secondary N) is 1. The molecule has 0 bridgehead atoms. The summed E-state index contributed by atoms with van der Waals surface area (Å²) in [6.07, 6.45) is 1.91. The SMILES string of the molecule is Cc1ccc2c(c1)N(Cc1ccc(C(=O)NC3CCN(Cc4ccccc4)CC3)cc1)C(=O)CO2. The minimum atomic E-state index is -0.0662. The summed E-state index contributed by atoms with van der Waals surface area (Å²) in [6.45, 7) is 5.40. The van der Waals surface area contributed by atoms with Crippen LogP contribution in [0.5, 0.6) is 5.75 Å². The van der Waals surface area contributed by atoms with E-state index in [2.05, 4.69) is 34.5 Å². The third kappa shape index (κ3) is 5.54. The van der Waals surface area contributed by atoms with Crippen LogP contribution in [-0.2, 0) is 17.9 Å². The molecule has 1 saturated heterocycles. The zero-order chi connectivity index (χ0) is 24.2. The first kappa shape index (κ1) is 23.1. The van der Waals surface area contributed by atoms with Gasteiger partial charge >= 0.3 is 0 Å². The van der Waals surface area contributed by atoms with Crippen LogP contribution in [0.3, 0.4) is 0 Å². The van der Waals surface area contributed by atoms with Crippen molar-refractivity contribution in [3.05, 3.63) is 95.1 Å². The second kappa shape index (κ2) is 10.3. The predicted octanol–water partition coefficient (Wildman–Crippen LogP) is 4.32. The molecule has 0 aliphatic carbocycles. The maximum absolute atomic E-state index is 12.8. The highest BCUT2D eigenvalue weighted by Gasteiger charge is 2.26. The number of rotatable bonds is 6. The normalized spacial score (nSPS) is 16.5. The van der Waals surface area contributed by atoms with Crippen LogP contribution in [-0.4, -0.2) is 42.5 Å². The molecule has 2 aliphatic rings. The minimum absolute atomic E-state index is 0.0403. The average molecular weight is 470 g/mol. The van der Waals surface area contributed by atoms with Crippen LogP contribution in [0, 0.1) is 6.92 Å². The van der Waals surface area contributed by atoms with Crippen molar-refractivity contribution in [1.29, 1.82) is 0 Å². The van der Waals surface area contributed by atoms with Crippen LogP contribution in [0.4, 0.5) is 5.69 Å². The Labute approximate surface area is 206 Å². The van der Waals surface area contributed by atoms with Gasteiger partial charge in [0.2, 0.25) is 0 Å². The van der Waals surface area contributed by atoms with Crippen LogP contribution < -0.4 is 15.0 Å². The first-order chi connectivity index (χ1) is 17.0. The highest BCUT2D eigenvalue weighted by molar-refractivity contribution is 5.98. The molecule has 3 aromatic carbocycles. The molecule has 2 heterocycles. The quantitative estimate of drug-likeness (QED) is 0.584. The van der Waals surface area contributed by atoms with Crippen LogP contribution in [0.15, 0.2) is 72.8 Å². The molecular weight excluding hydrogens is 438 g/mol. The Morgan fingerprint density at radius 3 is 2.40 bits per heavy atom. The first-order valence-electron chi connectivity index (χ1n) is 12.2. The standard InChI is InChI=1S/C29H31N3O3/c1-21-7-12-27-26(17-21)32(28(33)20-35-27)19-23-8-10-24(11-9-23)29(34)30-25-13-15-31(16-14-25)18-22-5-3-2-4-6-22/h2-12,17,25H,13-16,18-20H2,1H3,(H,30,34). The largest absolute Gasteiger partial charge is 0.482 e. The maximum atomic E-state index is 12.8. The number of likely N-dealkylation sites (tertiary alicyclic amines) is 1. The molecule has 1 N–H and O–H groups in total. The number of aryl methyl sites for hydroxylation is 1. The number of fused-ring (bicyclic) bond motifs is 1. The van der Waals surface area contributed by atoms with Gasteiger partial charge in [-0.1, -0.05) is 48.5 Å². The first-order valence-corrected chi connectivity index (χ1v) is 12.2. The third-order valence-corrected chi connectivity index (χ3v) is 6.79. The molecule has 0 unspecified atom stereocenters. The van der Waals surface area contributed by atoms with E-state index >= 15 is 0 Å². The lowest BCUT2D eigenvalue weighted by Gasteiger charge is -2.32. The Morgan fingerprint density at radius 2 is 1.66 bits per heavy atom. The molecule has 2 aliphatic heterocycles. The number of nitrogens with zero attached hydrogens (tertiary/aromatic N) is 2. The van der Waals surface area contributed by atoms with E-state index in [4.69, 9.17) is 4.74 Å². The molecule has 0 spiro atoms. The van der Waals surface area contributed by atoms with E-state index in [1.807, 2.05) is 55.5 Å². The van der Waals surface area contributed by atoms with Crippen LogP contribution in [0.25, 0.3) is 0 Å². The van der Waals surface area contributed by atoms with Crippen LogP contribution >= 0.6 is 0 Å². The Kier molecular flexibility index (Phi) is 6.82. The molecule has 0 radical (unpaired) electrons. The number of hydrogen-bond acceptors (Lipinski definition) is 4. The summed E-state index contributed by atoms with van der Waals surface area (Å²) < 4.78 is 5.57. The van der Waals surface area contributed by atoms with Crippen molar-refractivity contribution < 1.29 is 14.3 Å². The third-order valence-electron chi connectivity index (χ3n) is 6.79. The Bertz CT molecular complexity index is 1190. The number of hydrogen-bond donors (Lipinski definition) is 1. The van der Waals surface area contributed by atoms with Crippen molar-refractivity contribution in [2.45, 2.75) is 38.9 Å². The molecular formula is C29H31N3O3. The smallest absolute Gasteiger partial charge is 0.265 e. The van der Waals surface area contributed by atoms with Crippen molar-refractivity contribution in [2.24, 2.45) is 0 Å². The number of carbonyl (C=O) groups is 2. The van der Waals surface area contributed by atoms with Gasteiger partial charge in [0.25, 0.3) is 11.8 Å². The van der Waals surface area contributed by atoms with Gasteiger partial charge in [-0.3, -0.25) is 14.5 Å². The van der Waals surface area contributed by atoms with Gasteiger partial charge in [0.05, 0.1) is 12.2 Å². The number of carbonyl (C=O) groups excluding carboxylic acids is 2. The fourth-order valence-corrected chi connectivity index (χ4v) is 4.78. The minimum Gasteiger partial charge on any atom is -0.482 e. The van der Waals surface area contributed by atoms with E-state index < -0.39 is 0 Å². The van der Waals surface area contributed by atoms with Crippen molar-refractivity contribution >= 4 is 17.5 Å². The number of amides is 2. The highest BCUT2D eigenvalue weighted by atomic mass is 16.5. The Hall–Kier alpha value is -3.64. The van der Waals surface area contributed by atoms with Crippen molar-refractivity contribution in [3.8, 4) is 5.75 Å². The summed E-state index contributed by atoms with van der Waals surface area (Å²) in [7, 11) is 0. The highest BCUT2D eigenvalue weighted by Crippen LogP contribution is 2.33. The Morgan fingerprint density at radius 1 is 0.943 bits per heavy atom. The summed E-state index contributed by atoms with van der Waals surface area (Å²) in [4.78, 5) is 29.6. The van der Waals surface area contributed by atoms with Crippen LogP contribution in [0.1, 0.15) is 39.9 Å². The fourth-order valence-electron chi connectivity index (χ4n) is 4.78. The molecule has 3 aromatic rings. The summed E-state index contributed by atoms with van der Waals surface area (Å²) >= 11 is 0. The molecule has 5 rings (SSSR count). The van der Waals surface area contributed by atoms with E-state index in [0.29, 0.717) is 12.1 Å². The lowest BCUT2D eigenvalue weighted by Crippen LogP contribution is -2.44. The van der Waals surface area contributed by atoms with E-state index in [-0.39, 0.29) is 24.5 Å². The Balaban J connectivity index is 1.15. The molecule has 35 heavy (non-hydrogen) atoms. The van der Waals surface area contributed by atoms with Gasteiger partial charge < -0.3 is 15.0 Å². The fraction of sp³-hybridized carbons (Fsp3) is 0.310. The number of ether oxygens (including phenoxy) is 1. The van der Waals surface area contributed by atoms with E-state index in [1.54, 1.807) is 4.90 Å². The molecule has 0 aromatic heterocycles. The zero-order valence-corrected chi connectivity index (χ0v) is 20.1. The maximum Gasteiger partial charge on any atom is 0.265 e. The molecule has 2 amide bonds. The second-order valence-corrected chi connectivity index (χ2v) is 9.45. The predicted molar refractivity (Wildman–Crippen MR) is 137 cm³/mol. The molecule has 6 nitrogen and oxygen atoms in total. The zero-order valence-electron chi connectivity index (χ0n) is 20.1. The average Bonchev–Trinajstić information content (AvgIpc) is 2.88. The van der Waals surface area contributed by atoms with Gasteiger partial charge in [-0.25, -0.2) is 0 Å². The summed E-state index contributed by atoms with van der Waals surface area (Å²) in [5.74, 6) is 0.617. The van der Waals surface area contributed by atoms with E-state index in [0.717, 1.165) is 55.0 Å². The van der Waals surface area contributed by atoms with Gasteiger partial charge in [0, 0.05) is 31.2 Å². The molecule has 6 heteroatoms. The molecule has 0 saturated carbocycles. The molecule has 180 valence electrons. The number of benzene rings is 3. The van der Waals surface area contributed by atoms with Gasteiger partial charge in [-0.05, 0) is 60.7 Å². The second-order valence-electron chi connectivity index (χ2n) is 9.45. The van der Waals surface area contributed by atoms with Gasteiger partial charge in [-0.15, -0.1) is 0 Å². The molecule has 0 atom stereocenters.